The average molecular weight is 373 g/mol. The van der Waals surface area contributed by atoms with E-state index in [-0.39, 0.29) is 17.8 Å². The molecule has 2 aromatic rings. The van der Waals surface area contributed by atoms with Gasteiger partial charge in [0.2, 0.25) is 0 Å². The summed E-state index contributed by atoms with van der Waals surface area (Å²) in [6.45, 7) is 4.21. The van der Waals surface area contributed by atoms with Crippen molar-refractivity contribution in [3.05, 3.63) is 71.5 Å². The van der Waals surface area contributed by atoms with Crippen LogP contribution in [-0.2, 0) is 0 Å². The Labute approximate surface area is 159 Å². The Hall–Kier alpha value is -1.85. The molecule has 3 atom stereocenters. The second-order valence-electron chi connectivity index (χ2n) is 6.70. The van der Waals surface area contributed by atoms with E-state index in [4.69, 9.17) is 0 Å². The molecular weight excluding hydrogens is 347 g/mol. The van der Waals surface area contributed by atoms with Gasteiger partial charge in [0.05, 0.1) is 11.7 Å². The molecule has 0 bridgehead atoms. The zero-order chi connectivity index (χ0) is 18.7. The molecule has 3 unspecified atom stereocenters. The van der Waals surface area contributed by atoms with Gasteiger partial charge in [-0.2, -0.15) is 0 Å². The molecule has 1 fully saturated rings. The molecule has 0 spiro atoms. The number of benzene rings is 2. The molecule has 0 amide bonds. The SMILES string of the molecule is CCC(C)N1C(=NC)SCC1(O)C(c1ccccc1)c1ccc(F)cc1. The van der Waals surface area contributed by atoms with Crippen molar-refractivity contribution >= 4 is 16.9 Å². The van der Waals surface area contributed by atoms with E-state index >= 15 is 0 Å². The third kappa shape index (κ3) is 3.38. The fourth-order valence-corrected chi connectivity index (χ4v) is 4.90. The van der Waals surface area contributed by atoms with Crippen molar-refractivity contribution < 1.29 is 9.50 Å². The lowest BCUT2D eigenvalue weighted by atomic mass is 9.81. The molecule has 0 aromatic heterocycles. The van der Waals surface area contributed by atoms with Gasteiger partial charge in [0.1, 0.15) is 5.82 Å². The van der Waals surface area contributed by atoms with Crippen molar-refractivity contribution in [3.63, 3.8) is 0 Å². The maximum atomic E-state index is 13.5. The lowest BCUT2D eigenvalue weighted by Crippen LogP contribution is -2.55. The predicted octanol–water partition coefficient (Wildman–Crippen LogP) is 4.48. The molecule has 3 nitrogen and oxygen atoms in total. The van der Waals surface area contributed by atoms with Crippen molar-refractivity contribution in [3.8, 4) is 0 Å². The Morgan fingerprint density at radius 2 is 1.77 bits per heavy atom. The summed E-state index contributed by atoms with van der Waals surface area (Å²) < 4.78 is 13.5. The van der Waals surface area contributed by atoms with Gasteiger partial charge in [-0.15, -0.1) is 0 Å². The van der Waals surface area contributed by atoms with Gasteiger partial charge in [0.25, 0.3) is 0 Å². The van der Waals surface area contributed by atoms with E-state index < -0.39 is 5.72 Å². The molecule has 1 aliphatic rings. The maximum absolute atomic E-state index is 13.5. The minimum Gasteiger partial charge on any atom is -0.369 e. The van der Waals surface area contributed by atoms with Crippen LogP contribution in [0.15, 0.2) is 59.6 Å². The van der Waals surface area contributed by atoms with E-state index in [1.54, 1.807) is 30.9 Å². The molecule has 1 heterocycles. The maximum Gasteiger partial charge on any atom is 0.161 e. The normalized spacial score (nSPS) is 24.0. The first-order valence-electron chi connectivity index (χ1n) is 8.93. The number of thioether (sulfide) groups is 1. The predicted molar refractivity (Wildman–Crippen MR) is 107 cm³/mol. The van der Waals surface area contributed by atoms with Gasteiger partial charge in [-0.3, -0.25) is 4.99 Å². The van der Waals surface area contributed by atoms with Gasteiger partial charge in [-0.05, 0) is 36.6 Å². The summed E-state index contributed by atoms with van der Waals surface area (Å²) in [4.78, 5) is 6.44. The van der Waals surface area contributed by atoms with E-state index in [1.165, 1.54) is 12.1 Å². The summed E-state index contributed by atoms with van der Waals surface area (Å²) in [7, 11) is 1.76. The van der Waals surface area contributed by atoms with E-state index in [9.17, 15) is 9.50 Å². The van der Waals surface area contributed by atoms with Crippen LogP contribution in [0, 0.1) is 5.82 Å². The van der Waals surface area contributed by atoms with Gasteiger partial charge in [-0.25, -0.2) is 4.39 Å². The zero-order valence-electron chi connectivity index (χ0n) is 15.4. The number of rotatable bonds is 5. The fraction of sp³-hybridized carbons (Fsp3) is 0.381. The fourth-order valence-electron chi connectivity index (χ4n) is 3.65. The van der Waals surface area contributed by atoms with Crippen LogP contribution < -0.4 is 0 Å². The first-order valence-corrected chi connectivity index (χ1v) is 9.91. The van der Waals surface area contributed by atoms with Crippen LogP contribution in [0.25, 0.3) is 0 Å². The highest BCUT2D eigenvalue weighted by molar-refractivity contribution is 8.14. The molecule has 138 valence electrons. The number of amidine groups is 1. The second kappa shape index (κ2) is 7.80. The first-order chi connectivity index (χ1) is 12.5. The summed E-state index contributed by atoms with van der Waals surface area (Å²) >= 11 is 1.57. The minimum atomic E-state index is -1.13. The third-order valence-electron chi connectivity index (χ3n) is 5.06. The van der Waals surface area contributed by atoms with Crippen molar-refractivity contribution in [2.75, 3.05) is 12.8 Å². The lowest BCUT2D eigenvalue weighted by molar-refractivity contribution is -0.0717. The average Bonchev–Trinajstić information content (AvgIpc) is 3.01. The summed E-state index contributed by atoms with van der Waals surface area (Å²) in [6.07, 6.45) is 0.896. The van der Waals surface area contributed by atoms with Gasteiger partial charge >= 0.3 is 0 Å². The van der Waals surface area contributed by atoms with Gasteiger partial charge in [0, 0.05) is 13.1 Å². The smallest absolute Gasteiger partial charge is 0.161 e. The number of halogens is 1. The lowest BCUT2D eigenvalue weighted by Gasteiger charge is -2.43. The Morgan fingerprint density at radius 1 is 1.15 bits per heavy atom. The van der Waals surface area contributed by atoms with Crippen LogP contribution >= 0.6 is 11.8 Å². The number of aliphatic imine (C=N–C) groups is 1. The van der Waals surface area contributed by atoms with E-state index in [2.05, 4.69) is 18.8 Å². The number of hydrogen-bond donors (Lipinski definition) is 1. The van der Waals surface area contributed by atoms with Crippen molar-refractivity contribution in [2.24, 2.45) is 4.99 Å². The summed E-state index contributed by atoms with van der Waals surface area (Å²) in [6, 6.07) is 16.5. The molecule has 5 heteroatoms. The van der Waals surface area contributed by atoms with Crippen molar-refractivity contribution in [1.82, 2.24) is 4.90 Å². The molecule has 26 heavy (non-hydrogen) atoms. The van der Waals surface area contributed by atoms with Gasteiger partial charge in [-0.1, -0.05) is 61.2 Å². The van der Waals surface area contributed by atoms with E-state index in [0.29, 0.717) is 5.75 Å². The summed E-state index contributed by atoms with van der Waals surface area (Å²) in [5, 5.41) is 12.8. The highest BCUT2D eigenvalue weighted by Crippen LogP contribution is 2.46. The standard InChI is InChI=1S/C21H25FN2OS/c1-4-15(2)24-20(23-3)26-14-21(24,25)19(16-8-6-5-7-9-16)17-10-12-18(22)13-11-17/h5-13,15,19,25H,4,14H2,1-3H3. The van der Waals surface area contributed by atoms with Crippen LogP contribution in [-0.4, -0.2) is 39.7 Å². The monoisotopic (exact) mass is 372 g/mol. The Bertz CT molecular complexity index is 765. The molecule has 0 radical (unpaired) electrons. The second-order valence-corrected chi connectivity index (χ2v) is 7.64. The molecule has 1 saturated heterocycles. The summed E-state index contributed by atoms with van der Waals surface area (Å²) in [5.74, 6) is -0.0611. The molecular formula is C21H25FN2OS. The quantitative estimate of drug-likeness (QED) is 0.841. The summed E-state index contributed by atoms with van der Waals surface area (Å²) in [5.41, 5.74) is 0.771. The van der Waals surface area contributed by atoms with Crippen LogP contribution in [0.3, 0.4) is 0 Å². The number of hydrogen-bond acceptors (Lipinski definition) is 3. The Kier molecular flexibility index (Phi) is 5.68. The van der Waals surface area contributed by atoms with Crippen LogP contribution in [0.4, 0.5) is 4.39 Å². The molecule has 2 aromatic carbocycles. The Balaban J connectivity index is 2.15. The topological polar surface area (TPSA) is 35.8 Å². The van der Waals surface area contributed by atoms with Crippen molar-refractivity contribution in [1.29, 1.82) is 0 Å². The molecule has 0 saturated carbocycles. The zero-order valence-corrected chi connectivity index (χ0v) is 16.2. The van der Waals surface area contributed by atoms with Crippen molar-refractivity contribution in [2.45, 2.75) is 38.0 Å². The van der Waals surface area contributed by atoms with Crippen LogP contribution in [0.1, 0.15) is 37.3 Å². The third-order valence-corrected chi connectivity index (χ3v) is 6.27. The van der Waals surface area contributed by atoms with Crippen LogP contribution in [0.2, 0.25) is 0 Å². The largest absolute Gasteiger partial charge is 0.369 e. The number of nitrogens with zero attached hydrogens (tertiary/aromatic N) is 2. The minimum absolute atomic E-state index is 0.139. The number of aliphatic hydroxyl groups is 1. The van der Waals surface area contributed by atoms with Gasteiger partial charge < -0.3 is 10.0 Å². The van der Waals surface area contributed by atoms with E-state index in [0.717, 1.165) is 22.7 Å². The molecule has 0 aliphatic carbocycles. The highest BCUT2D eigenvalue weighted by Gasteiger charge is 2.51. The first kappa shape index (κ1) is 18.9. The molecule has 1 aliphatic heterocycles. The Morgan fingerprint density at radius 3 is 2.35 bits per heavy atom. The van der Waals surface area contributed by atoms with Crippen LogP contribution in [0.5, 0.6) is 0 Å². The molecule has 1 N–H and O–H groups in total. The van der Waals surface area contributed by atoms with Gasteiger partial charge in [0.15, 0.2) is 10.9 Å². The molecule has 3 rings (SSSR count). The van der Waals surface area contributed by atoms with E-state index in [1.807, 2.05) is 35.2 Å². The highest BCUT2D eigenvalue weighted by atomic mass is 32.2.